The van der Waals surface area contributed by atoms with Crippen LogP contribution in [-0.4, -0.2) is 60.9 Å². The molecule has 1 N–H and O–H groups in total. The Kier molecular flexibility index (Phi) is 4.11. The number of hydrogen-bond donors (Lipinski definition) is 1. The second-order valence-electron chi connectivity index (χ2n) is 5.34. The molecule has 22 heavy (non-hydrogen) atoms. The van der Waals surface area contributed by atoms with Crippen LogP contribution in [0.1, 0.15) is 0 Å². The number of nitrogens with zero attached hydrogens (tertiary/aromatic N) is 3. The molecule has 2 heterocycles. The van der Waals surface area contributed by atoms with Crippen LogP contribution in [0.2, 0.25) is 0 Å². The maximum Gasteiger partial charge on any atom is 0.248 e. The number of halogens is 1. The van der Waals surface area contributed by atoms with Gasteiger partial charge in [0.25, 0.3) is 0 Å². The summed E-state index contributed by atoms with van der Waals surface area (Å²) in [5, 5.41) is 10.8. The monoisotopic (exact) mass is 385 g/mol. The van der Waals surface area contributed by atoms with Crippen LogP contribution in [-0.2, 0) is 10.0 Å². The Morgan fingerprint density at radius 2 is 1.91 bits per heavy atom. The molecule has 1 saturated heterocycles. The van der Waals surface area contributed by atoms with Crippen LogP contribution in [0.5, 0.6) is 5.75 Å². The predicted molar refractivity (Wildman–Crippen MR) is 87.4 cm³/mol. The number of rotatable bonds is 2. The molecule has 8 heteroatoms. The number of aromatic hydroxyl groups is 1. The average molecular weight is 386 g/mol. The van der Waals surface area contributed by atoms with Crippen LogP contribution < -0.4 is 0 Å². The molecule has 1 aromatic carbocycles. The summed E-state index contributed by atoms with van der Waals surface area (Å²) in [5.41, 5.74) is 0.554. The molecular weight excluding hydrogens is 370 g/mol. The molecule has 0 radical (unpaired) electrons. The number of pyridine rings is 1. The van der Waals surface area contributed by atoms with E-state index in [1.54, 1.807) is 18.2 Å². The molecule has 0 spiro atoms. The number of sulfonamides is 1. The second-order valence-corrected chi connectivity index (χ2v) is 8.16. The molecule has 1 aliphatic heterocycles. The first-order chi connectivity index (χ1) is 10.4. The van der Waals surface area contributed by atoms with Crippen molar-refractivity contribution in [1.29, 1.82) is 0 Å². The van der Waals surface area contributed by atoms with Gasteiger partial charge >= 0.3 is 0 Å². The van der Waals surface area contributed by atoms with Gasteiger partial charge in [0, 0.05) is 36.0 Å². The van der Waals surface area contributed by atoms with Crippen LogP contribution >= 0.6 is 15.9 Å². The zero-order valence-electron chi connectivity index (χ0n) is 12.0. The number of hydrogen-bond acceptors (Lipinski definition) is 5. The van der Waals surface area contributed by atoms with Gasteiger partial charge in [-0.05, 0) is 25.2 Å². The van der Waals surface area contributed by atoms with Crippen LogP contribution in [0.25, 0.3) is 10.9 Å². The lowest BCUT2D eigenvalue weighted by Gasteiger charge is -2.31. The normalized spacial score (nSPS) is 17.9. The third-order valence-corrected chi connectivity index (χ3v) is 6.24. The Balaban J connectivity index is 2.07. The van der Waals surface area contributed by atoms with E-state index >= 15 is 0 Å². The van der Waals surface area contributed by atoms with Gasteiger partial charge in [0.05, 0.1) is 11.7 Å². The lowest BCUT2D eigenvalue weighted by atomic mass is 10.2. The molecular formula is C14H16BrN3O3S. The Bertz CT molecular complexity index is 817. The van der Waals surface area contributed by atoms with Gasteiger partial charge in [-0.3, -0.25) is 4.98 Å². The Morgan fingerprint density at radius 1 is 1.23 bits per heavy atom. The zero-order chi connectivity index (χ0) is 15.9. The van der Waals surface area contributed by atoms with E-state index in [4.69, 9.17) is 0 Å². The van der Waals surface area contributed by atoms with Gasteiger partial charge in [-0.2, -0.15) is 4.31 Å². The number of fused-ring (bicyclic) bond motifs is 1. The summed E-state index contributed by atoms with van der Waals surface area (Å²) in [7, 11) is -1.79. The fraction of sp³-hybridized carbons (Fsp3) is 0.357. The summed E-state index contributed by atoms with van der Waals surface area (Å²) in [4.78, 5) is 6.10. The lowest BCUT2D eigenvalue weighted by Crippen LogP contribution is -2.47. The first kappa shape index (κ1) is 15.7. The summed E-state index contributed by atoms with van der Waals surface area (Å²) in [6, 6.07) is 5.19. The van der Waals surface area contributed by atoms with Crippen LogP contribution in [0, 0.1) is 0 Å². The number of aromatic nitrogens is 1. The van der Waals surface area contributed by atoms with Crippen molar-refractivity contribution in [3.63, 3.8) is 0 Å². The summed E-state index contributed by atoms with van der Waals surface area (Å²) in [5.74, 6) is -0.245. The van der Waals surface area contributed by atoms with Gasteiger partial charge < -0.3 is 10.0 Å². The van der Waals surface area contributed by atoms with Gasteiger partial charge in [0.15, 0.2) is 0 Å². The van der Waals surface area contributed by atoms with Gasteiger partial charge in [0.1, 0.15) is 10.6 Å². The lowest BCUT2D eigenvalue weighted by molar-refractivity contribution is 0.222. The zero-order valence-corrected chi connectivity index (χ0v) is 14.4. The van der Waals surface area contributed by atoms with Gasteiger partial charge in [-0.1, -0.05) is 15.9 Å². The van der Waals surface area contributed by atoms with Crippen LogP contribution in [0.3, 0.4) is 0 Å². The van der Waals surface area contributed by atoms with Crippen molar-refractivity contribution in [2.24, 2.45) is 0 Å². The first-order valence-electron chi connectivity index (χ1n) is 6.85. The number of benzene rings is 1. The number of piperazine rings is 1. The van der Waals surface area contributed by atoms with E-state index in [1.165, 1.54) is 10.5 Å². The fourth-order valence-corrected chi connectivity index (χ4v) is 4.31. The van der Waals surface area contributed by atoms with E-state index in [-0.39, 0.29) is 10.6 Å². The van der Waals surface area contributed by atoms with Crippen molar-refractivity contribution in [2.45, 2.75) is 4.90 Å². The van der Waals surface area contributed by atoms with Crippen LogP contribution in [0.4, 0.5) is 0 Å². The Morgan fingerprint density at radius 3 is 2.59 bits per heavy atom. The van der Waals surface area contributed by atoms with E-state index in [0.717, 1.165) is 4.47 Å². The molecule has 0 amide bonds. The summed E-state index contributed by atoms with van der Waals surface area (Å²) >= 11 is 3.32. The van der Waals surface area contributed by atoms with Crippen molar-refractivity contribution < 1.29 is 13.5 Å². The highest BCUT2D eigenvalue weighted by molar-refractivity contribution is 9.10. The average Bonchev–Trinajstić information content (AvgIpc) is 2.48. The first-order valence-corrected chi connectivity index (χ1v) is 9.09. The molecule has 0 unspecified atom stereocenters. The van der Waals surface area contributed by atoms with Crippen molar-refractivity contribution >= 4 is 36.9 Å². The van der Waals surface area contributed by atoms with Gasteiger partial charge in [0.2, 0.25) is 10.0 Å². The predicted octanol–water partition coefficient (Wildman–Crippen LogP) is 1.64. The van der Waals surface area contributed by atoms with E-state index in [1.807, 2.05) is 7.05 Å². The van der Waals surface area contributed by atoms with Gasteiger partial charge in [-0.15, -0.1) is 0 Å². The summed E-state index contributed by atoms with van der Waals surface area (Å²) in [6.45, 7) is 2.17. The molecule has 6 nitrogen and oxygen atoms in total. The maximum absolute atomic E-state index is 12.7. The Hall–Kier alpha value is -1.22. The quantitative estimate of drug-likeness (QED) is 0.850. The largest absolute Gasteiger partial charge is 0.506 e. The Labute approximate surface area is 137 Å². The molecule has 0 aliphatic carbocycles. The minimum atomic E-state index is -3.74. The molecule has 0 bridgehead atoms. The highest BCUT2D eigenvalue weighted by Gasteiger charge is 2.30. The van der Waals surface area contributed by atoms with E-state index in [0.29, 0.717) is 37.1 Å². The van der Waals surface area contributed by atoms with Crippen LogP contribution in [0.15, 0.2) is 33.8 Å². The molecule has 2 aromatic rings. The van der Waals surface area contributed by atoms with Crippen molar-refractivity contribution in [3.8, 4) is 5.75 Å². The highest BCUT2D eigenvalue weighted by atomic mass is 79.9. The fourth-order valence-electron chi connectivity index (χ4n) is 2.49. The van der Waals surface area contributed by atoms with E-state index in [9.17, 15) is 13.5 Å². The van der Waals surface area contributed by atoms with Crippen molar-refractivity contribution in [2.75, 3.05) is 33.2 Å². The standard InChI is InChI=1S/C14H16BrN3O3S/c1-17-4-6-18(7-5-17)22(20,21)13-9-16-12-3-2-10(15)8-11(12)14(13)19/h2-3,8-9H,4-7H2,1H3,(H,16,19). The number of likely N-dealkylation sites (N-methyl/N-ethyl adjacent to an activating group) is 1. The van der Waals surface area contributed by atoms with E-state index in [2.05, 4.69) is 25.8 Å². The molecule has 1 aromatic heterocycles. The molecule has 1 aliphatic rings. The smallest absolute Gasteiger partial charge is 0.248 e. The molecule has 0 atom stereocenters. The van der Waals surface area contributed by atoms with Crippen molar-refractivity contribution in [1.82, 2.24) is 14.2 Å². The third kappa shape index (κ3) is 2.71. The maximum atomic E-state index is 12.7. The minimum absolute atomic E-state index is 0.136. The molecule has 0 saturated carbocycles. The second kappa shape index (κ2) is 5.77. The molecule has 1 fully saturated rings. The van der Waals surface area contributed by atoms with Gasteiger partial charge in [-0.25, -0.2) is 8.42 Å². The SMILES string of the molecule is CN1CCN(S(=O)(=O)c2cnc3ccc(Br)cc3c2O)CC1. The van der Waals surface area contributed by atoms with E-state index < -0.39 is 10.0 Å². The molecule has 3 rings (SSSR count). The highest BCUT2D eigenvalue weighted by Crippen LogP contribution is 2.33. The minimum Gasteiger partial charge on any atom is -0.506 e. The van der Waals surface area contributed by atoms with Crippen molar-refractivity contribution in [3.05, 3.63) is 28.9 Å². The third-order valence-electron chi connectivity index (χ3n) is 3.85. The topological polar surface area (TPSA) is 73.7 Å². The molecule has 118 valence electrons. The summed E-state index contributed by atoms with van der Waals surface area (Å²) in [6.07, 6.45) is 1.24. The summed E-state index contributed by atoms with van der Waals surface area (Å²) < 4.78 is 27.6.